The van der Waals surface area contributed by atoms with Crippen LogP contribution in [0.15, 0.2) is 24.3 Å². The van der Waals surface area contributed by atoms with Crippen LogP contribution < -0.4 is 0 Å². The normalized spacial score (nSPS) is 11.3. The second-order valence-electron chi connectivity index (χ2n) is 4.41. The standard InChI is InChI=1S/C16H24O3/c1-3-14(17)10-6-5-7-12-16(19)13-9-8-11-15(18)4-2/h6,8,10-11H,3-5,7,9,12-13H2,1-2H3/b10-6+,11-8+. The number of carbonyl (C=O) groups is 3. The molecule has 0 aromatic heterocycles. The van der Waals surface area contributed by atoms with Gasteiger partial charge in [0.1, 0.15) is 5.78 Å². The van der Waals surface area contributed by atoms with Gasteiger partial charge in [-0.3, -0.25) is 14.4 Å². The maximum Gasteiger partial charge on any atom is 0.155 e. The Kier molecular flexibility index (Phi) is 10.7. The van der Waals surface area contributed by atoms with Gasteiger partial charge in [0.2, 0.25) is 0 Å². The minimum atomic E-state index is 0.0955. The minimum Gasteiger partial charge on any atom is -0.300 e. The Morgan fingerprint density at radius 3 is 1.84 bits per heavy atom. The molecule has 0 amide bonds. The molecule has 0 atom stereocenters. The summed E-state index contributed by atoms with van der Waals surface area (Å²) in [6.07, 6.45) is 11.0. The zero-order valence-corrected chi connectivity index (χ0v) is 12.0. The molecule has 3 heteroatoms. The number of unbranched alkanes of at least 4 members (excludes halogenated alkanes) is 1. The Bertz CT molecular complexity index is 351. The molecule has 0 heterocycles. The lowest BCUT2D eigenvalue weighted by Crippen LogP contribution is -1.96. The average Bonchev–Trinajstić information content (AvgIpc) is 2.42. The molecule has 0 saturated carbocycles. The van der Waals surface area contributed by atoms with Crippen LogP contribution in [0.1, 0.15) is 58.8 Å². The van der Waals surface area contributed by atoms with Crippen LogP contribution in [0.2, 0.25) is 0 Å². The highest BCUT2D eigenvalue weighted by Gasteiger charge is 1.99. The van der Waals surface area contributed by atoms with Gasteiger partial charge in [-0.25, -0.2) is 0 Å². The molecule has 19 heavy (non-hydrogen) atoms. The molecule has 0 aliphatic carbocycles. The Labute approximate surface area is 115 Å². The molecule has 0 unspecified atom stereocenters. The van der Waals surface area contributed by atoms with Crippen molar-refractivity contribution in [1.82, 2.24) is 0 Å². The molecular formula is C16H24O3. The topological polar surface area (TPSA) is 51.2 Å². The van der Waals surface area contributed by atoms with Crippen molar-refractivity contribution < 1.29 is 14.4 Å². The molecule has 0 N–H and O–H groups in total. The van der Waals surface area contributed by atoms with Crippen molar-refractivity contribution in [2.45, 2.75) is 58.8 Å². The first kappa shape index (κ1) is 17.5. The van der Waals surface area contributed by atoms with Crippen molar-refractivity contribution in [2.24, 2.45) is 0 Å². The monoisotopic (exact) mass is 264 g/mol. The lowest BCUT2D eigenvalue weighted by molar-refractivity contribution is -0.119. The van der Waals surface area contributed by atoms with Crippen LogP contribution in [0.25, 0.3) is 0 Å². The molecule has 0 fully saturated rings. The molecule has 0 bridgehead atoms. The van der Waals surface area contributed by atoms with Crippen LogP contribution in [0, 0.1) is 0 Å². The quantitative estimate of drug-likeness (QED) is 0.423. The first-order chi connectivity index (χ1) is 9.10. The van der Waals surface area contributed by atoms with Crippen LogP contribution in [0.3, 0.4) is 0 Å². The Morgan fingerprint density at radius 1 is 0.789 bits per heavy atom. The molecule has 0 aliphatic rings. The number of allylic oxidation sites excluding steroid dienone is 4. The van der Waals surface area contributed by atoms with E-state index in [1.807, 2.05) is 19.9 Å². The van der Waals surface area contributed by atoms with Crippen LogP contribution in [-0.2, 0) is 14.4 Å². The molecule has 0 rings (SSSR count). The number of carbonyl (C=O) groups excluding carboxylic acids is 3. The highest BCUT2D eigenvalue weighted by Crippen LogP contribution is 2.03. The molecule has 0 spiro atoms. The van der Waals surface area contributed by atoms with E-state index in [0.29, 0.717) is 32.1 Å². The third-order valence-electron chi connectivity index (χ3n) is 2.72. The molecule has 3 nitrogen and oxygen atoms in total. The molecule has 0 saturated heterocycles. The second kappa shape index (κ2) is 11.6. The summed E-state index contributed by atoms with van der Waals surface area (Å²) in [5.41, 5.74) is 0. The van der Waals surface area contributed by atoms with Crippen LogP contribution >= 0.6 is 0 Å². The first-order valence-corrected chi connectivity index (χ1v) is 7.00. The van der Waals surface area contributed by atoms with Gasteiger partial charge >= 0.3 is 0 Å². The molecular weight excluding hydrogens is 240 g/mol. The smallest absolute Gasteiger partial charge is 0.155 e. The summed E-state index contributed by atoms with van der Waals surface area (Å²) < 4.78 is 0. The van der Waals surface area contributed by atoms with Gasteiger partial charge in [-0.1, -0.05) is 26.0 Å². The van der Waals surface area contributed by atoms with Crippen LogP contribution in [-0.4, -0.2) is 17.3 Å². The lowest BCUT2D eigenvalue weighted by Gasteiger charge is -1.96. The highest BCUT2D eigenvalue weighted by molar-refractivity contribution is 5.89. The molecule has 0 aromatic rings. The van der Waals surface area contributed by atoms with Crippen molar-refractivity contribution in [3.05, 3.63) is 24.3 Å². The van der Waals surface area contributed by atoms with E-state index < -0.39 is 0 Å². The van der Waals surface area contributed by atoms with E-state index in [9.17, 15) is 14.4 Å². The zero-order chi connectivity index (χ0) is 14.5. The van der Waals surface area contributed by atoms with Crippen molar-refractivity contribution in [2.75, 3.05) is 0 Å². The number of hydrogen-bond acceptors (Lipinski definition) is 3. The molecule has 0 aliphatic heterocycles. The first-order valence-electron chi connectivity index (χ1n) is 7.00. The predicted molar refractivity (Wildman–Crippen MR) is 77.0 cm³/mol. The minimum absolute atomic E-state index is 0.0955. The highest BCUT2D eigenvalue weighted by atomic mass is 16.1. The fourth-order valence-corrected chi connectivity index (χ4v) is 1.45. The van der Waals surface area contributed by atoms with Gasteiger partial charge < -0.3 is 0 Å². The van der Waals surface area contributed by atoms with Gasteiger partial charge in [-0.05, 0) is 31.4 Å². The summed E-state index contributed by atoms with van der Waals surface area (Å²) in [5.74, 6) is 0.430. The summed E-state index contributed by atoms with van der Waals surface area (Å²) in [6, 6.07) is 0. The lowest BCUT2D eigenvalue weighted by atomic mass is 10.1. The zero-order valence-electron chi connectivity index (χ0n) is 12.0. The van der Waals surface area contributed by atoms with Crippen LogP contribution in [0.5, 0.6) is 0 Å². The van der Waals surface area contributed by atoms with Gasteiger partial charge in [0, 0.05) is 25.7 Å². The van der Waals surface area contributed by atoms with E-state index in [-0.39, 0.29) is 17.3 Å². The molecule has 0 radical (unpaired) electrons. The SMILES string of the molecule is CCC(=O)/C=C/CCCC(=O)CC/C=C/C(=O)CC. The predicted octanol–water partition coefficient (Wildman–Crippen LogP) is 3.58. The van der Waals surface area contributed by atoms with Gasteiger partial charge in [0.15, 0.2) is 11.6 Å². The van der Waals surface area contributed by atoms with Crippen molar-refractivity contribution in [1.29, 1.82) is 0 Å². The number of ketones is 3. The molecule has 106 valence electrons. The number of rotatable bonds is 11. The summed E-state index contributed by atoms with van der Waals surface area (Å²) in [4.78, 5) is 33.4. The van der Waals surface area contributed by atoms with Gasteiger partial charge in [0.25, 0.3) is 0 Å². The van der Waals surface area contributed by atoms with Crippen molar-refractivity contribution in [3.63, 3.8) is 0 Å². The summed E-state index contributed by atoms with van der Waals surface area (Å²) in [6.45, 7) is 3.64. The van der Waals surface area contributed by atoms with E-state index in [2.05, 4.69) is 0 Å². The van der Waals surface area contributed by atoms with E-state index in [0.717, 1.165) is 12.8 Å². The summed E-state index contributed by atoms with van der Waals surface area (Å²) in [5, 5.41) is 0. The Morgan fingerprint density at radius 2 is 1.32 bits per heavy atom. The van der Waals surface area contributed by atoms with E-state index in [1.165, 1.54) is 0 Å². The van der Waals surface area contributed by atoms with Gasteiger partial charge in [0.05, 0.1) is 0 Å². The van der Waals surface area contributed by atoms with Gasteiger partial charge in [-0.2, -0.15) is 0 Å². The largest absolute Gasteiger partial charge is 0.300 e. The van der Waals surface area contributed by atoms with Gasteiger partial charge in [-0.15, -0.1) is 0 Å². The Hall–Kier alpha value is -1.51. The summed E-state index contributed by atoms with van der Waals surface area (Å²) >= 11 is 0. The van der Waals surface area contributed by atoms with Crippen molar-refractivity contribution in [3.8, 4) is 0 Å². The van der Waals surface area contributed by atoms with Crippen LogP contribution in [0.4, 0.5) is 0 Å². The third kappa shape index (κ3) is 11.3. The number of hydrogen-bond donors (Lipinski definition) is 0. The number of Topliss-reactive ketones (excluding diaryl/α,β-unsaturated/α-hetero) is 1. The maximum atomic E-state index is 11.5. The summed E-state index contributed by atoms with van der Waals surface area (Å²) in [7, 11) is 0. The van der Waals surface area contributed by atoms with E-state index in [1.54, 1.807) is 18.2 Å². The average molecular weight is 264 g/mol. The molecule has 0 aromatic carbocycles. The third-order valence-corrected chi connectivity index (χ3v) is 2.72. The van der Waals surface area contributed by atoms with Crippen molar-refractivity contribution >= 4 is 17.3 Å². The van der Waals surface area contributed by atoms with E-state index >= 15 is 0 Å². The fraction of sp³-hybridized carbons (Fsp3) is 0.562. The maximum absolute atomic E-state index is 11.5. The van der Waals surface area contributed by atoms with E-state index in [4.69, 9.17) is 0 Å². The fourth-order valence-electron chi connectivity index (χ4n) is 1.45. The Balaban J connectivity index is 3.60. The second-order valence-corrected chi connectivity index (χ2v) is 4.41.